The van der Waals surface area contributed by atoms with Crippen LogP contribution >= 0.6 is 27.5 Å². The molecule has 1 aromatic carbocycles. The first-order valence-corrected chi connectivity index (χ1v) is 6.74. The molecule has 2 heterocycles. The molecule has 0 radical (unpaired) electrons. The Morgan fingerprint density at radius 1 is 1.11 bits per heavy atom. The Morgan fingerprint density at radius 3 is 2.84 bits per heavy atom. The first kappa shape index (κ1) is 12.4. The highest BCUT2D eigenvalue weighted by atomic mass is 79.9. The second-order valence-electron chi connectivity index (χ2n) is 3.87. The highest BCUT2D eigenvalue weighted by Crippen LogP contribution is 2.32. The summed E-state index contributed by atoms with van der Waals surface area (Å²) in [6.45, 7) is 0. The number of fused-ring (bicyclic) bond motifs is 1. The van der Waals surface area contributed by atoms with Gasteiger partial charge in [-0.15, -0.1) is 0 Å². The first-order chi connectivity index (χ1) is 9.24. The van der Waals surface area contributed by atoms with Crippen LogP contribution in [0.5, 0.6) is 11.6 Å². The maximum atomic E-state index is 6.10. The van der Waals surface area contributed by atoms with Gasteiger partial charge in [0.25, 0.3) is 0 Å². The number of aromatic nitrogens is 2. The molecule has 19 heavy (non-hydrogen) atoms. The van der Waals surface area contributed by atoms with E-state index in [0.717, 1.165) is 15.4 Å². The lowest BCUT2D eigenvalue weighted by atomic mass is 10.2. The van der Waals surface area contributed by atoms with E-state index >= 15 is 0 Å². The molecule has 3 rings (SSSR count). The molecule has 0 unspecified atom stereocenters. The second-order valence-corrected chi connectivity index (χ2v) is 5.19. The van der Waals surface area contributed by atoms with E-state index < -0.39 is 0 Å². The predicted octanol–water partition coefficient (Wildman–Crippen LogP) is 4.84. The molecule has 0 atom stereocenters. The van der Waals surface area contributed by atoms with Crippen LogP contribution < -0.4 is 4.74 Å². The summed E-state index contributed by atoms with van der Waals surface area (Å²) in [5.41, 5.74) is 0.869. The van der Waals surface area contributed by atoms with E-state index in [-0.39, 0.29) is 0 Å². The Labute approximate surface area is 123 Å². The number of benzene rings is 1. The second kappa shape index (κ2) is 5.15. The minimum Gasteiger partial charge on any atom is -0.437 e. The lowest BCUT2D eigenvalue weighted by Crippen LogP contribution is -1.90. The average Bonchev–Trinajstić information content (AvgIpc) is 2.42. The highest BCUT2D eigenvalue weighted by molar-refractivity contribution is 9.10. The Morgan fingerprint density at radius 2 is 2.00 bits per heavy atom. The molecule has 0 fully saturated rings. The lowest BCUT2D eigenvalue weighted by Gasteiger charge is -2.08. The van der Waals surface area contributed by atoms with Gasteiger partial charge in [-0.05, 0) is 46.3 Å². The quantitative estimate of drug-likeness (QED) is 0.672. The monoisotopic (exact) mass is 334 g/mol. The third-order valence-corrected chi connectivity index (χ3v) is 3.29. The summed E-state index contributed by atoms with van der Waals surface area (Å²) in [5, 5.41) is 1.38. The minimum absolute atomic E-state index is 0.376. The van der Waals surface area contributed by atoms with Crippen molar-refractivity contribution in [1.29, 1.82) is 0 Å². The van der Waals surface area contributed by atoms with Crippen molar-refractivity contribution in [3.8, 4) is 11.6 Å². The van der Waals surface area contributed by atoms with Crippen molar-refractivity contribution in [3.05, 3.63) is 58.3 Å². The van der Waals surface area contributed by atoms with Crippen LogP contribution in [-0.4, -0.2) is 9.97 Å². The third kappa shape index (κ3) is 2.55. The lowest BCUT2D eigenvalue weighted by molar-refractivity contribution is 0.468. The van der Waals surface area contributed by atoms with Gasteiger partial charge in [0.1, 0.15) is 10.8 Å². The highest BCUT2D eigenvalue weighted by Gasteiger charge is 2.08. The van der Waals surface area contributed by atoms with E-state index in [1.54, 1.807) is 18.5 Å². The van der Waals surface area contributed by atoms with Crippen molar-refractivity contribution in [2.24, 2.45) is 0 Å². The fraction of sp³-hybridized carbons (Fsp3) is 0. The number of pyridine rings is 2. The molecule has 3 aromatic rings. The fourth-order valence-corrected chi connectivity index (χ4v) is 2.41. The average molecular weight is 336 g/mol. The first-order valence-electron chi connectivity index (χ1n) is 5.57. The summed E-state index contributed by atoms with van der Waals surface area (Å²) in [6, 6.07) is 11.2. The van der Waals surface area contributed by atoms with Crippen molar-refractivity contribution in [3.63, 3.8) is 0 Å². The van der Waals surface area contributed by atoms with E-state index in [1.807, 2.05) is 30.3 Å². The SMILES string of the molecule is Clc1cc(Br)cnc1Oc1cccc2ncccc12. The van der Waals surface area contributed by atoms with Gasteiger partial charge in [0.05, 0.1) is 5.52 Å². The molecule has 0 bridgehead atoms. The number of hydrogen-bond donors (Lipinski definition) is 0. The molecule has 0 saturated carbocycles. The molecule has 0 spiro atoms. The standard InChI is InChI=1S/C14H8BrClN2O/c15-9-7-11(16)14(18-8-9)19-13-5-1-4-12-10(13)3-2-6-17-12/h1-8H. The number of hydrogen-bond acceptors (Lipinski definition) is 3. The van der Waals surface area contributed by atoms with Crippen molar-refractivity contribution in [2.45, 2.75) is 0 Å². The van der Waals surface area contributed by atoms with Gasteiger partial charge in [-0.1, -0.05) is 17.7 Å². The Balaban J connectivity index is 2.06. The minimum atomic E-state index is 0.376. The van der Waals surface area contributed by atoms with Crippen LogP contribution in [0.1, 0.15) is 0 Å². The fourth-order valence-electron chi connectivity index (χ4n) is 1.75. The summed E-state index contributed by atoms with van der Waals surface area (Å²) < 4.78 is 6.58. The topological polar surface area (TPSA) is 35.0 Å². The zero-order valence-corrected chi connectivity index (χ0v) is 12.0. The van der Waals surface area contributed by atoms with Gasteiger partial charge < -0.3 is 4.74 Å². The van der Waals surface area contributed by atoms with Gasteiger partial charge in [0, 0.05) is 22.3 Å². The van der Waals surface area contributed by atoms with E-state index in [0.29, 0.717) is 16.7 Å². The molecular weight excluding hydrogens is 328 g/mol. The van der Waals surface area contributed by atoms with Gasteiger partial charge in [0.2, 0.25) is 5.88 Å². The van der Waals surface area contributed by atoms with Crippen molar-refractivity contribution in [1.82, 2.24) is 9.97 Å². The van der Waals surface area contributed by atoms with Crippen molar-refractivity contribution >= 4 is 38.4 Å². The van der Waals surface area contributed by atoms with Crippen LogP contribution in [0.25, 0.3) is 10.9 Å². The Hall–Kier alpha value is -1.65. The maximum Gasteiger partial charge on any atom is 0.238 e. The van der Waals surface area contributed by atoms with Gasteiger partial charge in [-0.25, -0.2) is 4.98 Å². The molecule has 3 nitrogen and oxygen atoms in total. The number of rotatable bonds is 2. The smallest absolute Gasteiger partial charge is 0.238 e. The zero-order valence-electron chi connectivity index (χ0n) is 9.68. The number of ether oxygens (including phenoxy) is 1. The third-order valence-electron chi connectivity index (χ3n) is 2.59. The van der Waals surface area contributed by atoms with Crippen LogP contribution in [0.4, 0.5) is 0 Å². The molecule has 0 amide bonds. The van der Waals surface area contributed by atoms with Crippen molar-refractivity contribution in [2.75, 3.05) is 0 Å². The van der Waals surface area contributed by atoms with Crippen LogP contribution in [0.3, 0.4) is 0 Å². The van der Waals surface area contributed by atoms with Gasteiger partial charge >= 0.3 is 0 Å². The number of halogens is 2. The largest absolute Gasteiger partial charge is 0.437 e. The van der Waals surface area contributed by atoms with E-state index in [1.165, 1.54) is 0 Å². The van der Waals surface area contributed by atoms with E-state index in [9.17, 15) is 0 Å². The normalized spacial score (nSPS) is 10.6. The van der Waals surface area contributed by atoms with Gasteiger partial charge in [-0.3, -0.25) is 4.98 Å². The summed E-state index contributed by atoms with van der Waals surface area (Å²) in [7, 11) is 0. The van der Waals surface area contributed by atoms with Crippen LogP contribution in [0.2, 0.25) is 5.02 Å². The predicted molar refractivity (Wildman–Crippen MR) is 78.8 cm³/mol. The Kier molecular flexibility index (Phi) is 3.36. The summed E-state index contributed by atoms with van der Waals surface area (Å²) in [6.07, 6.45) is 3.39. The molecule has 0 aliphatic carbocycles. The van der Waals surface area contributed by atoms with Gasteiger partial charge in [-0.2, -0.15) is 0 Å². The van der Waals surface area contributed by atoms with Crippen LogP contribution in [-0.2, 0) is 0 Å². The molecule has 0 N–H and O–H groups in total. The summed E-state index contributed by atoms with van der Waals surface area (Å²) in [5.74, 6) is 1.06. The molecule has 94 valence electrons. The van der Waals surface area contributed by atoms with E-state index in [2.05, 4.69) is 25.9 Å². The van der Waals surface area contributed by atoms with Crippen LogP contribution in [0, 0.1) is 0 Å². The Bertz CT molecular complexity index is 743. The maximum absolute atomic E-state index is 6.10. The summed E-state index contributed by atoms with van der Waals surface area (Å²) >= 11 is 9.41. The molecule has 0 saturated heterocycles. The van der Waals surface area contributed by atoms with Crippen molar-refractivity contribution < 1.29 is 4.74 Å². The van der Waals surface area contributed by atoms with Crippen LogP contribution in [0.15, 0.2) is 53.3 Å². The molecule has 0 aliphatic heterocycles. The summed E-state index contributed by atoms with van der Waals surface area (Å²) in [4.78, 5) is 8.44. The molecular formula is C14H8BrClN2O. The van der Waals surface area contributed by atoms with Gasteiger partial charge in [0.15, 0.2) is 0 Å². The molecule has 0 aliphatic rings. The van der Waals surface area contributed by atoms with E-state index in [4.69, 9.17) is 16.3 Å². The number of nitrogens with zero attached hydrogens (tertiary/aromatic N) is 2. The molecule has 2 aromatic heterocycles. The zero-order chi connectivity index (χ0) is 13.2. The molecule has 5 heteroatoms.